The normalized spacial score (nSPS) is 17.6. The largest absolute Gasteiger partial charge is 0.511 e. The van der Waals surface area contributed by atoms with Crippen LogP contribution in [0.3, 0.4) is 0 Å². The van der Waals surface area contributed by atoms with Crippen LogP contribution < -0.4 is 0 Å². The Balaban J connectivity index is 2.45. The van der Waals surface area contributed by atoms with Gasteiger partial charge in [-0.05, 0) is 13.3 Å². The summed E-state index contributed by atoms with van der Waals surface area (Å²) in [5.41, 5.74) is 0.439. The summed E-state index contributed by atoms with van der Waals surface area (Å²) in [6.45, 7) is 1.94. The molecule has 14 heavy (non-hydrogen) atoms. The van der Waals surface area contributed by atoms with Gasteiger partial charge in [0.05, 0.1) is 5.57 Å². The van der Waals surface area contributed by atoms with E-state index in [0.29, 0.717) is 23.4 Å². The molecule has 3 nitrogen and oxygen atoms in total. The zero-order chi connectivity index (χ0) is 10.1. The lowest BCUT2D eigenvalue weighted by Crippen LogP contribution is -2.10. The van der Waals surface area contributed by atoms with Gasteiger partial charge in [0.15, 0.2) is 5.78 Å². The van der Waals surface area contributed by atoms with Gasteiger partial charge in [0.25, 0.3) is 0 Å². The Kier molecular flexibility index (Phi) is 2.37. The lowest BCUT2D eigenvalue weighted by molar-refractivity contribution is -0.114. The summed E-state index contributed by atoms with van der Waals surface area (Å²) >= 11 is 1.45. The third-order valence-electron chi connectivity index (χ3n) is 2.22. The fourth-order valence-corrected chi connectivity index (χ4v) is 2.39. The number of hydrogen-bond donors (Lipinski definition) is 1. The minimum atomic E-state index is 0.0168. The molecule has 0 saturated carbocycles. The van der Waals surface area contributed by atoms with E-state index in [9.17, 15) is 9.90 Å². The molecule has 0 unspecified atom stereocenters. The monoisotopic (exact) mass is 209 g/mol. The number of ketones is 1. The van der Waals surface area contributed by atoms with Crippen LogP contribution in [0.15, 0.2) is 12.0 Å². The number of aliphatic hydroxyl groups excluding tert-OH is 1. The fraction of sp³-hybridized carbons (Fsp3) is 0.400. The number of nitrogens with zero attached hydrogens (tertiary/aromatic N) is 1. The molecular weight excluding hydrogens is 198 g/mol. The van der Waals surface area contributed by atoms with Crippen LogP contribution in [0.25, 0.3) is 5.57 Å². The average Bonchev–Trinajstić information content (AvgIpc) is 2.51. The minimum absolute atomic E-state index is 0.0168. The number of carbonyl (C=O) groups excluding carboxylic acids is 1. The molecular formula is C10H11NO2S. The summed E-state index contributed by atoms with van der Waals surface area (Å²) in [6, 6.07) is 0. The Morgan fingerprint density at radius 2 is 2.29 bits per heavy atom. The van der Waals surface area contributed by atoms with Crippen LogP contribution in [-0.2, 0) is 4.79 Å². The first kappa shape index (κ1) is 9.40. The molecule has 0 amide bonds. The second-order valence-corrected chi connectivity index (χ2v) is 4.61. The van der Waals surface area contributed by atoms with Crippen molar-refractivity contribution in [1.82, 2.24) is 4.98 Å². The first-order valence-electron chi connectivity index (χ1n) is 4.56. The van der Waals surface area contributed by atoms with Gasteiger partial charge in [0.2, 0.25) is 0 Å². The van der Waals surface area contributed by atoms with Crippen molar-refractivity contribution in [2.45, 2.75) is 26.2 Å². The molecule has 1 aromatic rings. The highest BCUT2D eigenvalue weighted by Crippen LogP contribution is 2.30. The zero-order valence-electron chi connectivity index (χ0n) is 7.91. The molecule has 1 heterocycles. The fourth-order valence-electron chi connectivity index (χ4n) is 1.54. The number of thiazole rings is 1. The Bertz CT molecular complexity index is 406. The molecule has 4 heteroatoms. The maximum atomic E-state index is 11.6. The molecule has 0 spiro atoms. The van der Waals surface area contributed by atoms with Crippen molar-refractivity contribution in [1.29, 1.82) is 0 Å². The van der Waals surface area contributed by atoms with Gasteiger partial charge in [0, 0.05) is 23.9 Å². The van der Waals surface area contributed by atoms with E-state index >= 15 is 0 Å². The van der Waals surface area contributed by atoms with E-state index in [1.54, 1.807) is 6.20 Å². The van der Waals surface area contributed by atoms with Crippen molar-refractivity contribution in [3.8, 4) is 0 Å². The number of Topliss-reactive ketones (excluding diaryl/α,β-unsaturated/α-hetero) is 1. The number of aliphatic hydroxyl groups is 1. The van der Waals surface area contributed by atoms with Gasteiger partial charge in [0.1, 0.15) is 10.8 Å². The number of carbonyl (C=O) groups is 1. The van der Waals surface area contributed by atoms with Crippen molar-refractivity contribution in [2.75, 3.05) is 0 Å². The van der Waals surface area contributed by atoms with Crippen LogP contribution in [0.1, 0.15) is 29.1 Å². The molecule has 1 aliphatic rings. The van der Waals surface area contributed by atoms with Crippen LogP contribution in [0.2, 0.25) is 0 Å². The predicted molar refractivity (Wildman–Crippen MR) is 55.3 cm³/mol. The Morgan fingerprint density at radius 1 is 1.50 bits per heavy atom. The number of allylic oxidation sites excluding steroid dienone is 2. The lowest BCUT2D eigenvalue weighted by Gasteiger charge is -2.12. The van der Waals surface area contributed by atoms with Crippen LogP contribution in [-0.4, -0.2) is 15.9 Å². The zero-order valence-corrected chi connectivity index (χ0v) is 8.73. The highest BCUT2D eigenvalue weighted by Gasteiger charge is 2.23. The van der Waals surface area contributed by atoms with Gasteiger partial charge in [-0.3, -0.25) is 4.79 Å². The quantitative estimate of drug-likeness (QED) is 0.773. The van der Waals surface area contributed by atoms with Crippen LogP contribution in [0.4, 0.5) is 0 Å². The SMILES string of the molecule is Cc1cnc(C2=C(O)CCCC2=O)s1. The average molecular weight is 209 g/mol. The molecule has 0 bridgehead atoms. The van der Waals surface area contributed by atoms with Crippen LogP contribution >= 0.6 is 11.3 Å². The summed E-state index contributed by atoms with van der Waals surface area (Å²) < 4.78 is 0. The summed E-state index contributed by atoms with van der Waals surface area (Å²) in [7, 11) is 0. The molecule has 1 aromatic heterocycles. The molecule has 0 aliphatic heterocycles. The van der Waals surface area contributed by atoms with Crippen molar-refractivity contribution in [3.63, 3.8) is 0 Å². The molecule has 0 aromatic carbocycles. The van der Waals surface area contributed by atoms with Gasteiger partial charge in [-0.15, -0.1) is 11.3 Å². The maximum Gasteiger partial charge on any atom is 0.169 e. The summed E-state index contributed by atoms with van der Waals surface area (Å²) in [5.74, 6) is 0.221. The second-order valence-electron chi connectivity index (χ2n) is 3.37. The molecule has 0 fully saturated rings. The summed E-state index contributed by atoms with van der Waals surface area (Å²) in [4.78, 5) is 16.7. The van der Waals surface area contributed by atoms with Crippen molar-refractivity contribution >= 4 is 22.7 Å². The van der Waals surface area contributed by atoms with Crippen molar-refractivity contribution in [3.05, 3.63) is 21.8 Å². The van der Waals surface area contributed by atoms with Crippen LogP contribution in [0, 0.1) is 6.92 Å². The Morgan fingerprint density at radius 3 is 2.86 bits per heavy atom. The van der Waals surface area contributed by atoms with E-state index in [1.807, 2.05) is 6.92 Å². The number of aryl methyl sites for hydroxylation is 1. The highest BCUT2D eigenvalue weighted by molar-refractivity contribution is 7.13. The van der Waals surface area contributed by atoms with E-state index in [1.165, 1.54) is 11.3 Å². The minimum Gasteiger partial charge on any atom is -0.511 e. The van der Waals surface area contributed by atoms with Gasteiger partial charge in [-0.25, -0.2) is 4.98 Å². The van der Waals surface area contributed by atoms with Gasteiger partial charge in [-0.2, -0.15) is 0 Å². The second kappa shape index (κ2) is 3.53. The van der Waals surface area contributed by atoms with E-state index in [4.69, 9.17) is 0 Å². The third kappa shape index (κ3) is 1.57. The summed E-state index contributed by atoms with van der Waals surface area (Å²) in [6.07, 6.45) is 3.60. The van der Waals surface area contributed by atoms with E-state index in [-0.39, 0.29) is 11.5 Å². The predicted octanol–water partition coefficient (Wildman–Crippen LogP) is 2.47. The van der Waals surface area contributed by atoms with Crippen molar-refractivity contribution in [2.24, 2.45) is 0 Å². The van der Waals surface area contributed by atoms with E-state index < -0.39 is 0 Å². The van der Waals surface area contributed by atoms with E-state index in [0.717, 1.165) is 11.3 Å². The molecule has 0 radical (unpaired) electrons. The standard InChI is InChI=1S/C10H11NO2S/c1-6-5-11-10(14-6)9-7(12)3-2-4-8(9)13/h5,12H,2-4H2,1H3. The first-order chi connectivity index (χ1) is 6.68. The lowest BCUT2D eigenvalue weighted by atomic mass is 9.97. The molecule has 74 valence electrons. The smallest absolute Gasteiger partial charge is 0.169 e. The third-order valence-corrected chi connectivity index (χ3v) is 3.15. The van der Waals surface area contributed by atoms with Crippen molar-refractivity contribution < 1.29 is 9.90 Å². The molecule has 0 saturated heterocycles. The Labute approximate surface area is 86.1 Å². The molecule has 1 aliphatic carbocycles. The molecule has 0 atom stereocenters. The number of hydrogen-bond acceptors (Lipinski definition) is 4. The first-order valence-corrected chi connectivity index (χ1v) is 5.38. The summed E-state index contributed by atoms with van der Waals surface area (Å²) in [5, 5.41) is 10.3. The molecule has 2 rings (SSSR count). The van der Waals surface area contributed by atoms with Crippen LogP contribution in [0.5, 0.6) is 0 Å². The van der Waals surface area contributed by atoms with E-state index in [2.05, 4.69) is 4.98 Å². The van der Waals surface area contributed by atoms with Gasteiger partial charge < -0.3 is 5.11 Å². The Hall–Kier alpha value is -1.16. The van der Waals surface area contributed by atoms with Gasteiger partial charge >= 0.3 is 0 Å². The molecule has 1 N–H and O–H groups in total. The number of aromatic nitrogens is 1. The number of rotatable bonds is 1. The van der Waals surface area contributed by atoms with Gasteiger partial charge in [-0.1, -0.05) is 0 Å². The highest BCUT2D eigenvalue weighted by atomic mass is 32.1. The maximum absolute atomic E-state index is 11.6. The topological polar surface area (TPSA) is 50.2 Å².